The van der Waals surface area contributed by atoms with Gasteiger partial charge in [-0.3, -0.25) is 20.0 Å². The number of carbonyl (C=O) groups is 3. The number of rotatable bonds is 8. The summed E-state index contributed by atoms with van der Waals surface area (Å²) in [6.07, 6.45) is 1.12. The molecule has 0 aliphatic heterocycles. The van der Waals surface area contributed by atoms with Crippen LogP contribution in [0.2, 0.25) is 0 Å². The zero-order chi connectivity index (χ0) is 21.8. The van der Waals surface area contributed by atoms with Gasteiger partial charge in [-0.1, -0.05) is 0 Å². The summed E-state index contributed by atoms with van der Waals surface area (Å²) in [5.41, 5.74) is 12.9. The highest BCUT2D eigenvalue weighted by atomic mass is 16.4. The van der Waals surface area contributed by atoms with Crippen molar-refractivity contribution in [2.45, 2.75) is 18.9 Å². The zero-order valence-electron chi connectivity index (χ0n) is 15.7. The molecule has 8 N–H and O–H groups in total. The highest BCUT2D eigenvalue weighted by molar-refractivity contribution is 5.99. The van der Waals surface area contributed by atoms with Gasteiger partial charge in [0, 0.05) is 23.7 Å². The van der Waals surface area contributed by atoms with Gasteiger partial charge in [-0.05, 0) is 36.8 Å². The van der Waals surface area contributed by atoms with E-state index >= 15 is 0 Å². The normalized spacial score (nSPS) is 11.7. The van der Waals surface area contributed by atoms with Crippen molar-refractivity contribution in [2.75, 3.05) is 0 Å². The molecule has 2 amide bonds. The van der Waals surface area contributed by atoms with Crippen molar-refractivity contribution in [3.63, 3.8) is 0 Å². The molecule has 0 bridgehead atoms. The second-order valence-corrected chi connectivity index (χ2v) is 6.53. The van der Waals surface area contributed by atoms with Gasteiger partial charge < -0.3 is 26.9 Å². The summed E-state index contributed by atoms with van der Waals surface area (Å²) >= 11 is 0. The first kappa shape index (κ1) is 20.5. The Labute approximate surface area is 170 Å². The number of imidazole rings is 1. The summed E-state index contributed by atoms with van der Waals surface area (Å²) in [6, 6.07) is 6.72. The van der Waals surface area contributed by atoms with E-state index in [2.05, 4.69) is 20.3 Å². The summed E-state index contributed by atoms with van der Waals surface area (Å²) in [7, 11) is 0. The van der Waals surface area contributed by atoms with Gasteiger partial charge in [-0.15, -0.1) is 0 Å². The lowest BCUT2D eigenvalue weighted by molar-refractivity contribution is -0.139. The minimum absolute atomic E-state index is 0.0810. The predicted octanol–water partition coefficient (Wildman–Crippen LogP) is 0.357. The van der Waals surface area contributed by atoms with Crippen LogP contribution in [0.5, 0.6) is 0 Å². The van der Waals surface area contributed by atoms with Gasteiger partial charge in [0.25, 0.3) is 5.91 Å². The number of aliphatic carboxylic acids is 1. The fourth-order valence-electron chi connectivity index (χ4n) is 2.78. The van der Waals surface area contributed by atoms with E-state index in [1.807, 2.05) is 0 Å². The van der Waals surface area contributed by atoms with Crippen molar-refractivity contribution in [3.05, 3.63) is 47.7 Å². The first-order valence-electron chi connectivity index (χ1n) is 8.87. The number of nitrogens with zero attached hydrogens (tertiary/aromatic N) is 2. The number of amidine groups is 1. The van der Waals surface area contributed by atoms with Crippen molar-refractivity contribution in [1.29, 1.82) is 5.41 Å². The average Bonchev–Trinajstić information content (AvgIpc) is 3.14. The summed E-state index contributed by atoms with van der Waals surface area (Å²) in [6.45, 7) is 0. The van der Waals surface area contributed by atoms with Gasteiger partial charge in [-0.25, -0.2) is 9.78 Å². The van der Waals surface area contributed by atoms with Gasteiger partial charge in [0.1, 0.15) is 17.6 Å². The van der Waals surface area contributed by atoms with E-state index in [0.717, 1.165) is 0 Å². The monoisotopic (exact) mass is 409 g/mol. The number of fused-ring (bicyclic) bond motifs is 1. The molecule has 0 spiro atoms. The highest BCUT2D eigenvalue weighted by Crippen LogP contribution is 2.20. The van der Waals surface area contributed by atoms with Gasteiger partial charge in [0.2, 0.25) is 5.91 Å². The van der Waals surface area contributed by atoms with Gasteiger partial charge >= 0.3 is 5.97 Å². The molecule has 154 valence electrons. The van der Waals surface area contributed by atoms with Gasteiger partial charge in [-0.2, -0.15) is 0 Å². The maximum atomic E-state index is 12.5. The summed E-state index contributed by atoms with van der Waals surface area (Å²) in [5.74, 6) is -2.24. The van der Waals surface area contributed by atoms with Crippen LogP contribution in [0.1, 0.15) is 28.8 Å². The first-order chi connectivity index (χ1) is 14.2. The van der Waals surface area contributed by atoms with E-state index in [1.54, 1.807) is 18.2 Å². The van der Waals surface area contributed by atoms with Crippen LogP contribution in [-0.2, 0) is 9.59 Å². The summed E-state index contributed by atoms with van der Waals surface area (Å²) in [4.78, 5) is 46.4. The number of H-pyrrole nitrogens is 1. The number of benzene rings is 1. The largest absolute Gasteiger partial charge is 0.480 e. The number of nitrogens with one attached hydrogen (secondary N) is 3. The SMILES string of the molecule is N=C(N)c1ccc2[nH]c(-c3cc(C(=O)N[C@@H](CCC(N)=O)C(=O)O)ccn3)nc2c1. The maximum absolute atomic E-state index is 12.5. The second kappa shape index (κ2) is 8.39. The minimum atomic E-state index is -1.27. The molecular weight excluding hydrogens is 390 g/mol. The number of carboxylic acids is 1. The number of amides is 2. The van der Waals surface area contributed by atoms with Crippen molar-refractivity contribution in [2.24, 2.45) is 11.5 Å². The summed E-state index contributed by atoms with van der Waals surface area (Å²) in [5, 5.41) is 19.1. The Morgan fingerprint density at radius 3 is 2.60 bits per heavy atom. The lowest BCUT2D eigenvalue weighted by Gasteiger charge is -2.13. The lowest BCUT2D eigenvalue weighted by Crippen LogP contribution is -2.41. The number of carbonyl (C=O) groups excluding carboxylic acids is 2. The van der Waals surface area contributed by atoms with Crippen LogP contribution in [-0.4, -0.2) is 49.7 Å². The van der Waals surface area contributed by atoms with Crippen LogP contribution in [0.15, 0.2) is 36.5 Å². The Morgan fingerprint density at radius 1 is 1.17 bits per heavy atom. The fraction of sp³-hybridized carbons (Fsp3) is 0.158. The fourth-order valence-corrected chi connectivity index (χ4v) is 2.78. The van der Waals surface area contributed by atoms with Crippen LogP contribution in [0, 0.1) is 5.41 Å². The predicted molar refractivity (Wildman–Crippen MR) is 108 cm³/mol. The molecule has 30 heavy (non-hydrogen) atoms. The van der Waals surface area contributed by atoms with Crippen LogP contribution in [0.3, 0.4) is 0 Å². The Morgan fingerprint density at radius 2 is 1.93 bits per heavy atom. The molecule has 0 radical (unpaired) electrons. The van der Waals surface area contributed by atoms with E-state index in [-0.39, 0.29) is 24.2 Å². The van der Waals surface area contributed by atoms with E-state index in [0.29, 0.717) is 28.1 Å². The van der Waals surface area contributed by atoms with Crippen LogP contribution >= 0.6 is 0 Å². The molecule has 1 atom stereocenters. The maximum Gasteiger partial charge on any atom is 0.326 e. The topological polar surface area (TPSA) is 201 Å². The number of nitrogen functional groups attached to an aromatic ring is 1. The number of pyridine rings is 1. The number of hydrogen-bond acceptors (Lipinski definition) is 6. The Bertz CT molecular complexity index is 1150. The number of aromatic nitrogens is 3. The third-order valence-corrected chi connectivity index (χ3v) is 4.34. The van der Waals surface area contributed by atoms with E-state index < -0.39 is 23.8 Å². The number of carboxylic acid groups (broad SMARTS) is 1. The molecule has 0 saturated heterocycles. The van der Waals surface area contributed by atoms with Gasteiger partial charge in [0.15, 0.2) is 5.82 Å². The second-order valence-electron chi connectivity index (χ2n) is 6.53. The Balaban J connectivity index is 1.84. The van der Waals surface area contributed by atoms with E-state index in [9.17, 15) is 19.5 Å². The Hall–Kier alpha value is -4.28. The molecule has 0 aliphatic rings. The molecule has 0 fully saturated rings. The number of aromatic amines is 1. The third-order valence-electron chi connectivity index (χ3n) is 4.34. The number of nitrogens with two attached hydrogens (primary N) is 2. The van der Waals surface area contributed by atoms with Gasteiger partial charge in [0.05, 0.1) is 11.0 Å². The minimum Gasteiger partial charge on any atom is -0.480 e. The molecule has 0 unspecified atom stereocenters. The van der Waals surface area contributed by atoms with Crippen LogP contribution in [0.25, 0.3) is 22.6 Å². The van der Waals surface area contributed by atoms with E-state index in [4.69, 9.17) is 16.9 Å². The smallest absolute Gasteiger partial charge is 0.326 e. The highest BCUT2D eigenvalue weighted by Gasteiger charge is 2.21. The molecule has 3 aromatic rings. The third kappa shape index (κ3) is 4.58. The molecule has 2 heterocycles. The molecule has 2 aromatic heterocycles. The molecule has 11 heteroatoms. The van der Waals surface area contributed by atoms with E-state index in [1.165, 1.54) is 18.3 Å². The van der Waals surface area contributed by atoms with Crippen molar-refractivity contribution in [1.82, 2.24) is 20.3 Å². The molecule has 0 saturated carbocycles. The number of primary amides is 1. The van der Waals surface area contributed by atoms with Crippen molar-refractivity contribution in [3.8, 4) is 11.5 Å². The molecule has 3 rings (SSSR count). The summed E-state index contributed by atoms with van der Waals surface area (Å²) < 4.78 is 0. The van der Waals surface area contributed by atoms with Crippen LogP contribution in [0.4, 0.5) is 0 Å². The first-order valence-corrected chi connectivity index (χ1v) is 8.87. The molecule has 1 aromatic carbocycles. The molecular formula is C19H19N7O4. The zero-order valence-corrected chi connectivity index (χ0v) is 15.7. The molecule has 11 nitrogen and oxygen atoms in total. The van der Waals surface area contributed by atoms with Crippen molar-refractivity contribution >= 4 is 34.7 Å². The van der Waals surface area contributed by atoms with Crippen LogP contribution < -0.4 is 16.8 Å². The lowest BCUT2D eigenvalue weighted by atomic mass is 10.1. The quantitative estimate of drug-likeness (QED) is 0.227. The standard InChI is InChI=1S/C19H19N7O4/c20-15(27)4-3-12(19(29)30)26-18(28)10-5-6-23-14(8-10)17-24-11-2-1-9(16(21)22)7-13(11)25-17/h1-2,5-8,12H,3-4H2,(H2,20,27)(H3,21,22)(H,24,25)(H,26,28)(H,29,30)/t12-/m0/s1. The average molecular weight is 409 g/mol. The Kier molecular flexibility index (Phi) is 5.72. The number of hydrogen-bond donors (Lipinski definition) is 6. The van der Waals surface area contributed by atoms with Crippen molar-refractivity contribution < 1.29 is 19.5 Å². The molecule has 0 aliphatic carbocycles.